The first-order valence-electron chi connectivity index (χ1n) is 11.4. The lowest BCUT2D eigenvalue weighted by atomic mass is 9.98. The fourth-order valence-corrected chi connectivity index (χ4v) is 5.11. The van der Waals surface area contributed by atoms with Crippen molar-refractivity contribution in [3.63, 3.8) is 0 Å². The summed E-state index contributed by atoms with van der Waals surface area (Å²) in [7, 11) is -2.52. The molecule has 1 heterocycles. The van der Waals surface area contributed by atoms with Crippen molar-refractivity contribution >= 4 is 16.0 Å². The third-order valence-corrected chi connectivity index (χ3v) is 7.39. The highest BCUT2D eigenvalue weighted by Crippen LogP contribution is 2.41. The summed E-state index contributed by atoms with van der Waals surface area (Å²) in [5.74, 6) is -3.25. The Balaban J connectivity index is 2.05. The molecule has 1 N–H and O–H groups in total. The quantitative estimate of drug-likeness (QED) is 0.487. The van der Waals surface area contributed by atoms with Gasteiger partial charge in [0.2, 0.25) is 15.8 Å². The average Bonchev–Trinajstić information content (AvgIpc) is 2.81. The van der Waals surface area contributed by atoms with E-state index in [4.69, 9.17) is 23.7 Å². The Morgan fingerprint density at radius 1 is 0.971 bits per heavy atom. The summed E-state index contributed by atoms with van der Waals surface area (Å²) < 4.78 is 57.9. The highest BCUT2D eigenvalue weighted by Gasteiger charge is 2.60. The average molecular weight is 508 g/mol. The van der Waals surface area contributed by atoms with Crippen molar-refractivity contribution in [2.75, 3.05) is 20.3 Å². The van der Waals surface area contributed by atoms with Gasteiger partial charge in [0.05, 0.1) is 18.0 Å². The van der Waals surface area contributed by atoms with E-state index in [-0.39, 0.29) is 18.1 Å². The van der Waals surface area contributed by atoms with Gasteiger partial charge in [0.1, 0.15) is 5.75 Å². The van der Waals surface area contributed by atoms with E-state index in [0.717, 1.165) is 5.56 Å². The molecular formula is C25H33NO8S. The highest BCUT2D eigenvalue weighted by molar-refractivity contribution is 7.89. The number of cyclic esters (lactones) is 1. The molecule has 2 aromatic rings. The summed E-state index contributed by atoms with van der Waals surface area (Å²) in [6.07, 6.45) is -1.37. The van der Waals surface area contributed by atoms with Gasteiger partial charge in [-0.3, -0.25) is 0 Å². The maximum atomic E-state index is 13.3. The molecule has 0 aliphatic carbocycles. The third kappa shape index (κ3) is 5.68. The van der Waals surface area contributed by atoms with E-state index < -0.39 is 39.7 Å². The summed E-state index contributed by atoms with van der Waals surface area (Å²) in [6, 6.07) is 11.9. The van der Waals surface area contributed by atoms with E-state index in [2.05, 4.69) is 4.72 Å². The van der Waals surface area contributed by atoms with Crippen molar-refractivity contribution < 1.29 is 36.9 Å². The molecule has 3 rings (SSSR count). The molecule has 0 bridgehead atoms. The number of carbonyl (C=O) groups is 1. The second-order valence-corrected chi connectivity index (χ2v) is 10.1. The number of benzene rings is 2. The molecule has 0 radical (unpaired) electrons. The molecule has 1 aliphatic rings. The Bertz CT molecular complexity index is 1120. The molecular weight excluding hydrogens is 474 g/mol. The van der Waals surface area contributed by atoms with Crippen molar-refractivity contribution in [1.82, 2.24) is 4.72 Å². The van der Waals surface area contributed by atoms with Gasteiger partial charge in [-0.2, -0.15) is 0 Å². The molecule has 35 heavy (non-hydrogen) atoms. The molecule has 0 spiro atoms. The van der Waals surface area contributed by atoms with Gasteiger partial charge >= 0.3 is 5.97 Å². The van der Waals surface area contributed by atoms with Crippen LogP contribution >= 0.6 is 0 Å². The van der Waals surface area contributed by atoms with E-state index in [9.17, 15) is 13.2 Å². The number of sulfonamides is 1. The van der Waals surface area contributed by atoms with Gasteiger partial charge in [-0.05, 0) is 57.5 Å². The van der Waals surface area contributed by atoms with Crippen molar-refractivity contribution in [3.8, 4) is 5.75 Å². The van der Waals surface area contributed by atoms with Crippen LogP contribution in [0.1, 0.15) is 44.9 Å². The first kappa shape index (κ1) is 27.1. The lowest BCUT2D eigenvalue weighted by Crippen LogP contribution is -2.66. The standard InChI is InChI=1S/C25H33NO8S/c1-7-31-24(4)25(5,32-8-2)34-23(27)22(33-24)21(18-11-13-19(30-6)14-12-18)26-35(28,29)20-15-9-17(3)10-16-20/h9-16,21-22,26H,7-8H2,1-6H3/t21-,22-,24+,25+/m1/s1. The van der Waals surface area contributed by atoms with E-state index in [0.29, 0.717) is 11.3 Å². The molecule has 0 unspecified atom stereocenters. The largest absolute Gasteiger partial charge is 0.497 e. The van der Waals surface area contributed by atoms with Crippen LogP contribution in [0.4, 0.5) is 0 Å². The van der Waals surface area contributed by atoms with Crippen molar-refractivity contribution in [1.29, 1.82) is 0 Å². The number of nitrogens with one attached hydrogen (secondary N) is 1. The lowest BCUT2D eigenvalue weighted by Gasteiger charge is -2.49. The van der Waals surface area contributed by atoms with Crippen LogP contribution in [0.15, 0.2) is 53.4 Å². The molecule has 2 aromatic carbocycles. The smallest absolute Gasteiger partial charge is 0.340 e. The zero-order valence-electron chi connectivity index (χ0n) is 20.9. The summed E-state index contributed by atoms with van der Waals surface area (Å²) in [5.41, 5.74) is 1.39. The highest BCUT2D eigenvalue weighted by atomic mass is 32.2. The topological polar surface area (TPSA) is 109 Å². The van der Waals surface area contributed by atoms with E-state index in [1.54, 1.807) is 64.1 Å². The Morgan fingerprint density at radius 2 is 1.54 bits per heavy atom. The van der Waals surface area contributed by atoms with Crippen LogP contribution in [-0.4, -0.2) is 52.4 Å². The molecule has 4 atom stereocenters. The van der Waals surface area contributed by atoms with E-state index in [1.165, 1.54) is 19.2 Å². The van der Waals surface area contributed by atoms with Gasteiger partial charge in [0.15, 0.2) is 6.10 Å². The number of hydrogen-bond donors (Lipinski definition) is 1. The Labute approximate surface area is 206 Å². The number of esters is 1. The minimum absolute atomic E-state index is 0.0533. The second-order valence-electron chi connectivity index (χ2n) is 8.40. The van der Waals surface area contributed by atoms with Gasteiger partial charge in [0.25, 0.3) is 5.79 Å². The fourth-order valence-electron chi connectivity index (χ4n) is 3.89. The molecule has 0 aromatic heterocycles. The number of methoxy groups -OCH3 is 1. The van der Waals surface area contributed by atoms with Crippen LogP contribution < -0.4 is 9.46 Å². The Kier molecular flexibility index (Phi) is 8.23. The maximum Gasteiger partial charge on any atom is 0.340 e. The van der Waals surface area contributed by atoms with Crippen LogP contribution in [-0.2, 0) is 33.8 Å². The zero-order chi connectivity index (χ0) is 25.9. The van der Waals surface area contributed by atoms with Gasteiger partial charge in [-0.25, -0.2) is 17.9 Å². The zero-order valence-corrected chi connectivity index (χ0v) is 21.7. The maximum absolute atomic E-state index is 13.3. The van der Waals surface area contributed by atoms with E-state index >= 15 is 0 Å². The Hall–Kier alpha value is -2.50. The molecule has 9 nitrogen and oxygen atoms in total. The van der Waals surface area contributed by atoms with Gasteiger partial charge in [-0.15, -0.1) is 0 Å². The summed E-state index contributed by atoms with van der Waals surface area (Å²) in [5, 5.41) is 0. The van der Waals surface area contributed by atoms with Crippen LogP contribution in [0.2, 0.25) is 0 Å². The minimum atomic E-state index is -4.04. The lowest BCUT2D eigenvalue weighted by molar-refractivity contribution is -0.416. The minimum Gasteiger partial charge on any atom is -0.497 e. The van der Waals surface area contributed by atoms with Crippen molar-refractivity contribution in [2.24, 2.45) is 0 Å². The number of carbonyl (C=O) groups excluding carboxylic acids is 1. The van der Waals surface area contributed by atoms with Crippen molar-refractivity contribution in [3.05, 3.63) is 59.7 Å². The molecule has 1 aliphatic heterocycles. The monoisotopic (exact) mass is 507 g/mol. The first-order valence-corrected chi connectivity index (χ1v) is 12.9. The predicted molar refractivity (Wildman–Crippen MR) is 128 cm³/mol. The number of ether oxygens (including phenoxy) is 5. The van der Waals surface area contributed by atoms with Crippen LogP contribution in [0.3, 0.4) is 0 Å². The summed E-state index contributed by atoms with van der Waals surface area (Å²) in [6.45, 7) is 9.03. The number of rotatable bonds is 10. The molecule has 0 amide bonds. The summed E-state index contributed by atoms with van der Waals surface area (Å²) >= 11 is 0. The molecule has 192 valence electrons. The predicted octanol–water partition coefficient (Wildman–Crippen LogP) is 3.47. The van der Waals surface area contributed by atoms with E-state index in [1.807, 2.05) is 6.92 Å². The van der Waals surface area contributed by atoms with Crippen LogP contribution in [0.5, 0.6) is 5.75 Å². The molecule has 10 heteroatoms. The molecule has 1 saturated heterocycles. The van der Waals surface area contributed by atoms with Gasteiger partial charge in [-0.1, -0.05) is 29.8 Å². The molecule has 1 fully saturated rings. The Morgan fingerprint density at radius 3 is 2.09 bits per heavy atom. The van der Waals surface area contributed by atoms with Crippen molar-refractivity contribution in [2.45, 2.75) is 63.2 Å². The third-order valence-electron chi connectivity index (χ3n) is 5.94. The molecule has 0 saturated carbocycles. The van der Waals surface area contributed by atoms with Crippen LogP contribution in [0.25, 0.3) is 0 Å². The van der Waals surface area contributed by atoms with Gasteiger partial charge in [0, 0.05) is 20.1 Å². The summed E-state index contributed by atoms with van der Waals surface area (Å²) in [4.78, 5) is 13.3. The SMILES string of the molecule is CCO[C@@]1(C)OC(=O)[C@@H]([C@H](NS(=O)(=O)c2ccc(C)cc2)c2ccc(OC)cc2)O[C@]1(C)OCC. The second kappa shape index (κ2) is 10.6. The number of hydrogen-bond acceptors (Lipinski definition) is 8. The normalized spacial score (nSPS) is 25.7. The number of aryl methyl sites for hydroxylation is 1. The first-order chi connectivity index (χ1) is 16.5. The fraction of sp³-hybridized carbons (Fsp3) is 0.480. The van der Waals surface area contributed by atoms with Gasteiger partial charge < -0.3 is 23.7 Å². The van der Waals surface area contributed by atoms with Crippen LogP contribution in [0, 0.1) is 6.92 Å².